The number of aliphatic hydroxyl groups is 1. The third kappa shape index (κ3) is 2.25. The van der Waals surface area contributed by atoms with Crippen molar-refractivity contribution in [3.8, 4) is 11.1 Å². The van der Waals surface area contributed by atoms with Crippen LogP contribution in [0.25, 0.3) is 11.1 Å². The molecule has 2 N–H and O–H groups in total. The number of hydrogen-bond donors (Lipinski definition) is 2. The lowest BCUT2D eigenvalue weighted by Crippen LogP contribution is -2.25. The SMILES string of the molecule is O=C1CC(CO)CN1c1[nH]ncc1-c1ccccc1Br. The molecular weight excluding hydrogens is 322 g/mol. The van der Waals surface area contributed by atoms with Crippen LogP contribution in [0.1, 0.15) is 6.42 Å². The van der Waals surface area contributed by atoms with Gasteiger partial charge in [-0.05, 0) is 6.07 Å². The maximum absolute atomic E-state index is 12.1. The van der Waals surface area contributed by atoms with E-state index in [-0.39, 0.29) is 18.4 Å². The van der Waals surface area contributed by atoms with Crippen molar-refractivity contribution >= 4 is 27.7 Å². The number of benzene rings is 1. The second kappa shape index (κ2) is 5.38. The summed E-state index contributed by atoms with van der Waals surface area (Å²) in [6.07, 6.45) is 2.10. The molecule has 2 aromatic rings. The van der Waals surface area contributed by atoms with Crippen LogP contribution in [0.4, 0.5) is 5.82 Å². The average Bonchev–Trinajstić information content (AvgIpc) is 3.05. The molecule has 2 heterocycles. The number of anilines is 1. The fraction of sp³-hybridized carbons (Fsp3) is 0.286. The Bertz CT molecular complexity index is 641. The molecule has 0 saturated carbocycles. The number of H-pyrrole nitrogens is 1. The van der Waals surface area contributed by atoms with Crippen molar-refractivity contribution in [3.63, 3.8) is 0 Å². The number of aliphatic hydroxyl groups excluding tert-OH is 1. The number of amides is 1. The van der Waals surface area contributed by atoms with Crippen molar-refractivity contribution < 1.29 is 9.90 Å². The van der Waals surface area contributed by atoms with Crippen LogP contribution in [-0.4, -0.2) is 34.4 Å². The molecule has 1 atom stereocenters. The van der Waals surface area contributed by atoms with E-state index >= 15 is 0 Å². The zero-order chi connectivity index (χ0) is 14.1. The smallest absolute Gasteiger partial charge is 0.228 e. The van der Waals surface area contributed by atoms with Crippen LogP contribution in [0.2, 0.25) is 0 Å². The molecule has 1 unspecified atom stereocenters. The number of carbonyl (C=O) groups is 1. The third-order valence-electron chi connectivity index (χ3n) is 3.52. The Hall–Kier alpha value is -1.66. The van der Waals surface area contributed by atoms with Gasteiger partial charge >= 0.3 is 0 Å². The molecule has 1 aromatic heterocycles. The summed E-state index contributed by atoms with van der Waals surface area (Å²) in [5, 5.41) is 16.2. The van der Waals surface area contributed by atoms with Gasteiger partial charge in [0.2, 0.25) is 5.91 Å². The second-order valence-electron chi connectivity index (χ2n) is 4.87. The topological polar surface area (TPSA) is 69.2 Å². The molecule has 20 heavy (non-hydrogen) atoms. The van der Waals surface area contributed by atoms with E-state index in [2.05, 4.69) is 26.1 Å². The van der Waals surface area contributed by atoms with Crippen LogP contribution in [0.15, 0.2) is 34.9 Å². The van der Waals surface area contributed by atoms with Crippen LogP contribution in [0.5, 0.6) is 0 Å². The number of hydrogen-bond acceptors (Lipinski definition) is 3. The minimum absolute atomic E-state index is 0.00198. The highest BCUT2D eigenvalue weighted by Gasteiger charge is 2.32. The van der Waals surface area contributed by atoms with Crippen molar-refractivity contribution in [2.45, 2.75) is 6.42 Å². The van der Waals surface area contributed by atoms with Gasteiger partial charge in [0, 0.05) is 41.1 Å². The van der Waals surface area contributed by atoms with Gasteiger partial charge < -0.3 is 5.11 Å². The predicted octanol–water partition coefficient (Wildman–Crippen LogP) is 2.18. The van der Waals surface area contributed by atoms with Crippen LogP contribution >= 0.6 is 15.9 Å². The number of aromatic nitrogens is 2. The van der Waals surface area contributed by atoms with Gasteiger partial charge in [-0.15, -0.1) is 0 Å². The van der Waals surface area contributed by atoms with Gasteiger partial charge in [0.25, 0.3) is 0 Å². The quantitative estimate of drug-likeness (QED) is 0.903. The molecule has 0 radical (unpaired) electrons. The Morgan fingerprint density at radius 3 is 2.90 bits per heavy atom. The molecule has 5 nitrogen and oxygen atoms in total. The maximum atomic E-state index is 12.1. The number of rotatable bonds is 3. The minimum Gasteiger partial charge on any atom is -0.396 e. The fourth-order valence-corrected chi connectivity index (χ4v) is 2.98. The first-order valence-electron chi connectivity index (χ1n) is 6.40. The van der Waals surface area contributed by atoms with Crippen LogP contribution in [0, 0.1) is 5.92 Å². The lowest BCUT2D eigenvalue weighted by molar-refractivity contribution is -0.117. The number of carbonyl (C=O) groups excluding carboxylic acids is 1. The Morgan fingerprint density at radius 2 is 2.20 bits per heavy atom. The lowest BCUT2D eigenvalue weighted by Gasteiger charge is -2.16. The molecule has 6 heteroatoms. The molecule has 104 valence electrons. The summed E-state index contributed by atoms with van der Waals surface area (Å²) in [7, 11) is 0. The average molecular weight is 336 g/mol. The van der Waals surface area contributed by atoms with Crippen molar-refractivity contribution in [3.05, 3.63) is 34.9 Å². The van der Waals surface area contributed by atoms with Crippen LogP contribution < -0.4 is 4.90 Å². The van der Waals surface area contributed by atoms with E-state index in [1.807, 2.05) is 24.3 Å². The van der Waals surface area contributed by atoms with E-state index in [9.17, 15) is 9.90 Å². The first kappa shape index (κ1) is 13.3. The summed E-state index contributed by atoms with van der Waals surface area (Å²) in [5.74, 6) is 0.706. The van der Waals surface area contributed by atoms with Gasteiger partial charge in [-0.3, -0.25) is 14.8 Å². The number of aromatic amines is 1. The Balaban J connectivity index is 1.99. The highest BCUT2D eigenvalue weighted by molar-refractivity contribution is 9.10. The first-order chi connectivity index (χ1) is 9.70. The third-order valence-corrected chi connectivity index (χ3v) is 4.21. The molecule has 0 spiro atoms. The van der Waals surface area contributed by atoms with Crippen molar-refractivity contribution in [1.29, 1.82) is 0 Å². The van der Waals surface area contributed by atoms with Gasteiger partial charge in [-0.25, -0.2) is 0 Å². The molecule has 1 saturated heterocycles. The Kier molecular flexibility index (Phi) is 3.58. The summed E-state index contributed by atoms with van der Waals surface area (Å²) < 4.78 is 0.952. The monoisotopic (exact) mass is 335 g/mol. The van der Waals surface area contributed by atoms with E-state index in [0.717, 1.165) is 15.6 Å². The van der Waals surface area contributed by atoms with Gasteiger partial charge in [-0.1, -0.05) is 34.1 Å². The van der Waals surface area contributed by atoms with Crippen molar-refractivity contribution in [2.75, 3.05) is 18.1 Å². The molecule has 1 aliphatic heterocycles. The van der Waals surface area contributed by atoms with Crippen LogP contribution in [-0.2, 0) is 4.79 Å². The summed E-state index contributed by atoms with van der Waals surface area (Å²) >= 11 is 3.52. The largest absolute Gasteiger partial charge is 0.396 e. The molecule has 0 aliphatic carbocycles. The van der Waals surface area contributed by atoms with Gasteiger partial charge in [0.15, 0.2) is 0 Å². The molecule has 1 aromatic carbocycles. The maximum Gasteiger partial charge on any atom is 0.228 e. The highest BCUT2D eigenvalue weighted by atomic mass is 79.9. The zero-order valence-electron chi connectivity index (χ0n) is 10.7. The molecule has 1 amide bonds. The van der Waals surface area contributed by atoms with Gasteiger partial charge in [0.05, 0.1) is 6.20 Å². The first-order valence-corrected chi connectivity index (χ1v) is 7.19. The molecular formula is C14H14BrN3O2. The Labute approximate surface area is 124 Å². The standard InChI is InChI=1S/C14H14BrN3O2/c15-12-4-2-1-3-10(12)11-6-16-17-14(11)18-7-9(8-19)5-13(18)20/h1-4,6,9,19H,5,7-8H2,(H,16,17). The highest BCUT2D eigenvalue weighted by Crippen LogP contribution is 2.36. The lowest BCUT2D eigenvalue weighted by atomic mass is 10.1. The molecule has 1 fully saturated rings. The molecule has 0 bridgehead atoms. The van der Waals surface area contributed by atoms with Crippen LogP contribution in [0.3, 0.4) is 0 Å². The molecule has 3 rings (SSSR count). The predicted molar refractivity (Wildman–Crippen MR) is 79.3 cm³/mol. The van der Waals surface area contributed by atoms with E-state index in [0.29, 0.717) is 18.8 Å². The van der Waals surface area contributed by atoms with Crippen molar-refractivity contribution in [2.24, 2.45) is 5.92 Å². The molecule has 1 aliphatic rings. The normalized spacial score (nSPS) is 18.8. The Morgan fingerprint density at radius 1 is 1.40 bits per heavy atom. The minimum atomic E-state index is -0.00198. The summed E-state index contributed by atoms with van der Waals surface area (Å²) in [5.41, 5.74) is 1.86. The van der Waals surface area contributed by atoms with Gasteiger partial charge in [0.1, 0.15) is 5.82 Å². The number of nitrogens with zero attached hydrogens (tertiary/aromatic N) is 2. The second-order valence-corrected chi connectivity index (χ2v) is 5.72. The number of halogens is 1. The van der Waals surface area contributed by atoms with Gasteiger partial charge in [-0.2, -0.15) is 5.10 Å². The summed E-state index contributed by atoms with van der Waals surface area (Å²) in [6, 6.07) is 7.81. The number of nitrogens with one attached hydrogen (secondary N) is 1. The van der Waals surface area contributed by atoms with E-state index in [4.69, 9.17) is 0 Å². The van der Waals surface area contributed by atoms with Crippen molar-refractivity contribution in [1.82, 2.24) is 10.2 Å². The van der Waals surface area contributed by atoms with E-state index in [1.165, 1.54) is 0 Å². The van der Waals surface area contributed by atoms with E-state index in [1.54, 1.807) is 11.1 Å². The summed E-state index contributed by atoms with van der Waals surface area (Å²) in [4.78, 5) is 13.7. The van der Waals surface area contributed by atoms with E-state index < -0.39 is 0 Å². The fourth-order valence-electron chi connectivity index (χ4n) is 2.48. The summed E-state index contributed by atoms with van der Waals surface area (Å²) in [6.45, 7) is 0.551. The zero-order valence-corrected chi connectivity index (χ0v) is 12.3.